The molecule has 19 heavy (non-hydrogen) atoms. The fourth-order valence-electron chi connectivity index (χ4n) is 2.84. The average Bonchev–Trinajstić information content (AvgIpc) is 3.27. The third-order valence-corrected chi connectivity index (χ3v) is 4.04. The molecule has 0 aromatic heterocycles. The van der Waals surface area contributed by atoms with Crippen molar-refractivity contribution in [2.24, 2.45) is 11.8 Å². The molecule has 5 heteroatoms. The molecule has 2 N–H and O–H groups in total. The summed E-state index contributed by atoms with van der Waals surface area (Å²) in [5.74, 6) is 0.607. The van der Waals surface area contributed by atoms with Crippen molar-refractivity contribution in [3.05, 3.63) is 0 Å². The van der Waals surface area contributed by atoms with Gasteiger partial charge in [-0.1, -0.05) is 19.3 Å². The fourth-order valence-corrected chi connectivity index (χ4v) is 2.84. The van der Waals surface area contributed by atoms with Gasteiger partial charge in [-0.2, -0.15) is 0 Å². The number of hydrogen-bond donors (Lipinski definition) is 2. The van der Waals surface area contributed by atoms with Crippen LogP contribution in [-0.4, -0.2) is 30.7 Å². The van der Waals surface area contributed by atoms with Gasteiger partial charge in [-0.15, -0.1) is 0 Å². The lowest BCUT2D eigenvalue weighted by Gasteiger charge is -2.30. The lowest BCUT2D eigenvalue weighted by molar-refractivity contribution is -0.123. The molecule has 2 rings (SSSR count). The summed E-state index contributed by atoms with van der Waals surface area (Å²) < 4.78 is 0. The quantitative estimate of drug-likeness (QED) is 0.714. The van der Waals surface area contributed by atoms with Crippen LogP contribution in [0.1, 0.15) is 44.9 Å². The van der Waals surface area contributed by atoms with Crippen LogP contribution in [0.2, 0.25) is 0 Å². The number of aldehydes is 1. The standard InChI is InChI=1S/C14H22N2O3/c17-9-8-15-14(19)16-12(13(18)11-6-7-11)10-4-2-1-3-5-10/h9-12H,1-8H2,(H2,15,16,19). The van der Waals surface area contributed by atoms with E-state index in [-0.39, 0.29) is 30.2 Å². The molecule has 0 radical (unpaired) electrons. The highest BCUT2D eigenvalue weighted by molar-refractivity contribution is 5.92. The molecule has 5 nitrogen and oxygen atoms in total. The maximum atomic E-state index is 12.3. The summed E-state index contributed by atoms with van der Waals surface area (Å²) in [4.78, 5) is 34.2. The zero-order chi connectivity index (χ0) is 13.7. The van der Waals surface area contributed by atoms with Crippen molar-refractivity contribution in [3.8, 4) is 0 Å². The van der Waals surface area contributed by atoms with E-state index in [0.717, 1.165) is 38.5 Å². The van der Waals surface area contributed by atoms with E-state index in [1.807, 2.05) is 0 Å². The van der Waals surface area contributed by atoms with E-state index in [9.17, 15) is 14.4 Å². The van der Waals surface area contributed by atoms with Gasteiger partial charge < -0.3 is 15.4 Å². The van der Waals surface area contributed by atoms with Crippen LogP contribution in [0.5, 0.6) is 0 Å². The number of amides is 2. The summed E-state index contributed by atoms with van der Waals surface area (Å²) in [6, 6.07) is -0.767. The first kappa shape index (κ1) is 14.0. The largest absolute Gasteiger partial charge is 0.331 e. The maximum Gasteiger partial charge on any atom is 0.315 e. The minimum absolute atomic E-state index is 0.0131. The highest BCUT2D eigenvalue weighted by Crippen LogP contribution is 2.35. The first-order valence-electron chi connectivity index (χ1n) is 7.24. The number of hydrogen-bond acceptors (Lipinski definition) is 3. The minimum atomic E-state index is -0.406. The normalized spacial score (nSPS) is 21.5. The molecule has 1 atom stereocenters. The Morgan fingerprint density at radius 1 is 1.11 bits per heavy atom. The van der Waals surface area contributed by atoms with Crippen molar-refractivity contribution in [2.45, 2.75) is 51.0 Å². The molecule has 0 bridgehead atoms. The van der Waals surface area contributed by atoms with Crippen molar-refractivity contribution in [2.75, 3.05) is 6.54 Å². The first-order valence-corrected chi connectivity index (χ1v) is 7.24. The van der Waals surface area contributed by atoms with E-state index in [2.05, 4.69) is 10.6 Å². The lowest BCUT2D eigenvalue weighted by atomic mass is 9.81. The highest BCUT2D eigenvalue weighted by Gasteiger charge is 2.39. The number of carbonyl (C=O) groups is 3. The van der Waals surface area contributed by atoms with Crippen molar-refractivity contribution < 1.29 is 14.4 Å². The number of Topliss-reactive ketones (excluding diaryl/α,β-unsaturated/α-hetero) is 1. The van der Waals surface area contributed by atoms with Gasteiger partial charge in [0.25, 0.3) is 0 Å². The second kappa shape index (κ2) is 6.68. The predicted octanol–water partition coefficient (Wildman–Crippen LogP) is 1.41. The van der Waals surface area contributed by atoms with E-state index in [1.54, 1.807) is 0 Å². The van der Waals surface area contributed by atoms with Gasteiger partial charge in [0, 0.05) is 5.92 Å². The number of ketones is 1. The van der Waals surface area contributed by atoms with Gasteiger partial charge in [0.2, 0.25) is 0 Å². The van der Waals surface area contributed by atoms with E-state index >= 15 is 0 Å². The van der Waals surface area contributed by atoms with Crippen LogP contribution >= 0.6 is 0 Å². The van der Waals surface area contributed by atoms with Gasteiger partial charge in [0.1, 0.15) is 6.29 Å². The second-order valence-corrected chi connectivity index (χ2v) is 5.57. The summed E-state index contributed by atoms with van der Waals surface area (Å²) in [5, 5.41) is 5.23. The Bertz CT molecular complexity index is 347. The molecule has 0 aliphatic heterocycles. The monoisotopic (exact) mass is 266 g/mol. The Morgan fingerprint density at radius 3 is 2.37 bits per heavy atom. The zero-order valence-electron chi connectivity index (χ0n) is 11.2. The third kappa shape index (κ3) is 4.04. The van der Waals surface area contributed by atoms with Gasteiger partial charge in [0.15, 0.2) is 5.78 Å². The summed E-state index contributed by atoms with van der Waals surface area (Å²) in [7, 11) is 0. The van der Waals surface area contributed by atoms with E-state index in [4.69, 9.17) is 0 Å². The van der Waals surface area contributed by atoms with Crippen LogP contribution in [0.4, 0.5) is 4.79 Å². The second-order valence-electron chi connectivity index (χ2n) is 5.57. The Morgan fingerprint density at radius 2 is 1.79 bits per heavy atom. The molecular formula is C14H22N2O3. The summed E-state index contributed by atoms with van der Waals surface area (Å²) in [6.45, 7) is -0.0131. The van der Waals surface area contributed by atoms with Crippen LogP contribution in [-0.2, 0) is 9.59 Å². The van der Waals surface area contributed by atoms with Crippen molar-refractivity contribution >= 4 is 18.1 Å². The number of urea groups is 1. The molecular weight excluding hydrogens is 244 g/mol. The number of rotatable bonds is 6. The molecule has 106 valence electrons. The maximum absolute atomic E-state index is 12.3. The molecule has 0 aromatic carbocycles. The molecule has 0 saturated heterocycles. The van der Waals surface area contributed by atoms with Crippen LogP contribution in [0.15, 0.2) is 0 Å². The molecule has 0 spiro atoms. The predicted molar refractivity (Wildman–Crippen MR) is 70.7 cm³/mol. The van der Waals surface area contributed by atoms with E-state index in [0.29, 0.717) is 6.29 Å². The van der Waals surface area contributed by atoms with Crippen molar-refractivity contribution in [3.63, 3.8) is 0 Å². The number of carbonyl (C=O) groups excluding carboxylic acids is 3. The zero-order valence-corrected chi connectivity index (χ0v) is 11.2. The molecule has 2 aliphatic carbocycles. The third-order valence-electron chi connectivity index (χ3n) is 4.04. The van der Waals surface area contributed by atoms with E-state index in [1.165, 1.54) is 6.42 Å². The van der Waals surface area contributed by atoms with E-state index < -0.39 is 6.03 Å². The summed E-state index contributed by atoms with van der Waals surface area (Å²) in [5.41, 5.74) is 0. The van der Waals surface area contributed by atoms with Crippen LogP contribution in [0.3, 0.4) is 0 Å². The average molecular weight is 266 g/mol. The molecule has 2 fully saturated rings. The van der Waals surface area contributed by atoms with Gasteiger partial charge in [-0.05, 0) is 31.6 Å². The lowest BCUT2D eigenvalue weighted by Crippen LogP contribution is -2.51. The summed E-state index contributed by atoms with van der Waals surface area (Å²) in [6.07, 6.45) is 8.07. The summed E-state index contributed by atoms with van der Waals surface area (Å²) >= 11 is 0. The van der Waals surface area contributed by atoms with Crippen molar-refractivity contribution in [1.82, 2.24) is 10.6 Å². The molecule has 0 aromatic rings. The molecule has 0 heterocycles. The van der Waals surface area contributed by atoms with Crippen LogP contribution in [0, 0.1) is 11.8 Å². The Labute approximate surface area is 113 Å². The Balaban J connectivity index is 1.94. The molecule has 2 amide bonds. The highest BCUT2D eigenvalue weighted by atomic mass is 16.2. The van der Waals surface area contributed by atoms with Crippen LogP contribution < -0.4 is 10.6 Å². The molecule has 2 saturated carbocycles. The molecule has 2 aliphatic rings. The topological polar surface area (TPSA) is 75.3 Å². The number of nitrogens with one attached hydrogen (secondary N) is 2. The Kier molecular flexibility index (Phi) is 4.93. The SMILES string of the molecule is O=CCNC(=O)NC(C(=O)C1CC1)C1CCCCC1. The van der Waals surface area contributed by atoms with Gasteiger partial charge in [0.05, 0.1) is 12.6 Å². The smallest absolute Gasteiger partial charge is 0.315 e. The Hall–Kier alpha value is -1.39. The van der Waals surface area contributed by atoms with Gasteiger partial charge in [-0.3, -0.25) is 4.79 Å². The van der Waals surface area contributed by atoms with Gasteiger partial charge >= 0.3 is 6.03 Å². The van der Waals surface area contributed by atoms with Gasteiger partial charge in [-0.25, -0.2) is 4.79 Å². The minimum Gasteiger partial charge on any atom is -0.331 e. The van der Waals surface area contributed by atoms with Crippen LogP contribution in [0.25, 0.3) is 0 Å². The fraction of sp³-hybridized carbons (Fsp3) is 0.786. The molecule has 1 unspecified atom stereocenters. The first-order chi connectivity index (χ1) is 9.22. The van der Waals surface area contributed by atoms with Crippen molar-refractivity contribution in [1.29, 1.82) is 0 Å².